The molecule has 0 aromatic heterocycles. The zero-order valence-corrected chi connectivity index (χ0v) is 8.00. The second-order valence-corrected chi connectivity index (χ2v) is 3.72. The third kappa shape index (κ3) is 2.61. The first-order valence-electron chi connectivity index (χ1n) is 4.12. The zero-order valence-electron chi connectivity index (χ0n) is 7.18. The minimum absolute atomic E-state index is 1.24. The van der Waals surface area contributed by atoms with Gasteiger partial charge in [0.05, 0.1) is 0 Å². The Kier molecular flexibility index (Phi) is 3.55. The summed E-state index contributed by atoms with van der Waals surface area (Å²) in [5.74, 6) is 0. The molecule has 0 nitrogen and oxygen atoms in total. The molecule has 0 N–H and O–H groups in total. The minimum atomic E-state index is 1.24. The number of rotatable bonds is 3. The van der Waals surface area contributed by atoms with Crippen molar-refractivity contribution in [1.82, 2.24) is 0 Å². The monoisotopic (exact) mass is 166 g/mol. The third-order valence-corrected chi connectivity index (χ3v) is 2.83. The van der Waals surface area contributed by atoms with Gasteiger partial charge in [-0.2, -0.15) is 0 Å². The molecule has 0 radical (unpaired) electrons. The van der Waals surface area contributed by atoms with Crippen LogP contribution in [-0.2, 0) is 0 Å². The first-order valence-corrected chi connectivity index (χ1v) is 5.00. The van der Waals surface area contributed by atoms with Gasteiger partial charge in [-0.05, 0) is 36.3 Å². The molecule has 0 fully saturated rings. The molecule has 1 heteroatoms. The standard InChI is InChI=1S/C10H14S/c1-3-4-7-10-9(2)6-5-8-11-10/h6,8H,3-4,7H2,1-2H3. The van der Waals surface area contributed by atoms with E-state index < -0.39 is 0 Å². The van der Waals surface area contributed by atoms with Crippen molar-refractivity contribution < 1.29 is 0 Å². The van der Waals surface area contributed by atoms with E-state index in [0.717, 1.165) is 0 Å². The second kappa shape index (κ2) is 4.48. The molecule has 1 heterocycles. The lowest BCUT2D eigenvalue weighted by molar-refractivity contribution is 0.806. The van der Waals surface area contributed by atoms with Crippen LogP contribution < -0.4 is 0 Å². The predicted molar refractivity (Wildman–Crippen MR) is 52.5 cm³/mol. The van der Waals surface area contributed by atoms with Crippen LogP contribution in [0.25, 0.3) is 0 Å². The van der Waals surface area contributed by atoms with Crippen molar-refractivity contribution in [2.75, 3.05) is 0 Å². The van der Waals surface area contributed by atoms with Crippen LogP contribution in [0.3, 0.4) is 0 Å². The topological polar surface area (TPSA) is 0 Å². The van der Waals surface area contributed by atoms with E-state index in [0.29, 0.717) is 0 Å². The summed E-state index contributed by atoms with van der Waals surface area (Å²) >= 11 is 1.82. The second-order valence-electron chi connectivity index (χ2n) is 2.76. The Labute approximate surface area is 73.1 Å². The van der Waals surface area contributed by atoms with Crippen LogP contribution in [0.15, 0.2) is 27.7 Å². The van der Waals surface area contributed by atoms with E-state index in [9.17, 15) is 0 Å². The quantitative estimate of drug-likeness (QED) is 0.573. The smallest absolute Gasteiger partial charge is 0.0175 e. The molecule has 0 atom stereocenters. The van der Waals surface area contributed by atoms with Crippen LogP contribution in [0.1, 0.15) is 33.1 Å². The number of allylic oxidation sites excluding steroid dienone is 3. The summed E-state index contributed by atoms with van der Waals surface area (Å²) in [7, 11) is 0. The van der Waals surface area contributed by atoms with E-state index in [1.807, 2.05) is 17.2 Å². The van der Waals surface area contributed by atoms with Crippen molar-refractivity contribution in [2.45, 2.75) is 33.1 Å². The van der Waals surface area contributed by atoms with Gasteiger partial charge in [-0.15, -0.1) is 5.73 Å². The van der Waals surface area contributed by atoms with E-state index >= 15 is 0 Å². The lowest BCUT2D eigenvalue weighted by Crippen LogP contribution is -1.83. The Morgan fingerprint density at radius 3 is 3.00 bits per heavy atom. The number of hydrogen-bond donors (Lipinski definition) is 0. The maximum atomic E-state index is 3.10. The lowest BCUT2D eigenvalue weighted by Gasteiger charge is -2.07. The Hall–Kier alpha value is -0.390. The first kappa shape index (κ1) is 8.70. The van der Waals surface area contributed by atoms with Gasteiger partial charge in [-0.3, -0.25) is 0 Å². The van der Waals surface area contributed by atoms with Crippen LogP contribution in [0, 0.1) is 0 Å². The van der Waals surface area contributed by atoms with Crippen LogP contribution in [0.5, 0.6) is 0 Å². The molecule has 1 rings (SSSR count). The number of unbranched alkanes of at least 4 members (excludes halogenated alkanes) is 1. The molecular formula is C10H14S. The van der Waals surface area contributed by atoms with E-state index in [-0.39, 0.29) is 0 Å². The van der Waals surface area contributed by atoms with Crippen molar-refractivity contribution in [1.29, 1.82) is 0 Å². The zero-order chi connectivity index (χ0) is 8.10. The van der Waals surface area contributed by atoms with E-state index in [1.165, 1.54) is 29.7 Å². The lowest BCUT2D eigenvalue weighted by atomic mass is 10.2. The van der Waals surface area contributed by atoms with Gasteiger partial charge in [0.1, 0.15) is 0 Å². The molecule has 0 saturated carbocycles. The predicted octanol–water partition coefficient (Wildman–Crippen LogP) is 3.87. The Morgan fingerprint density at radius 1 is 1.55 bits per heavy atom. The molecule has 0 aromatic carbocycles. The van der Waals surface area contributed by atoms with E-state index in [1.54, 1.807) is 0 Å². The van der Waals surface area contributed by atoms with Crippen molar-refractivity contribution >= 4 is 11.8 Å². The Morgan fingerprint density at radius 2 is 2.36 bits per heavy atom. The summed E-state index contributed by atoms with van der Waals surface area (Å²) in [5.41, 5.74) is 4.49. The molecule has 1 aliphatic rings. The van der Waals surface area contributed by atoms with Gasteiger partial charge in [-0.1, -0.05) is 25.1 Å². The fourth-order valence-corrected chi connectivity index (χ4v) is 1.82. The van der Waals surface area contributed by atoms with E-state index in [2.05, 4.69) is 25.7 Å². The van der Waals surface area contributed by atoms with Crippen molar-refractivity contribution in [2.24, 2.45) is 0 Å². The van der Waals surface area contributed by atoms with Gasteiger partial charge in [-0.25, -0.2) is 0 Å². The SMILES string of the molecule is CCCCC1=C(C)C=C=CS1. The first-order chi connectivity index (χ1) is 5.34. The van der Waals surface area contributed by atoms with Crippen molar-refractivity contribution in [3.63, 3.8) is 0 Å². The number of hydrogen-bond acceptors (Lipinski definition) is 1. The van der Waals surface area contributed by atoms with Gasteiger partial charge in [0, 0.05) is 5.41 Å². The highest BCUT2D eigenvalue weighted by molar-refractivity contribution is 8.05. The van der Waals surface area contributed by atoms with E-state index in [4.69, 9.17) is 0 Å². The molecule has 0 aromatic rings. The molecule has 0 bridgehead atoms. The number of thioether (sulfide) groups is 1. The Bertz CT molecular complexity index is 217. The summed E-state index contributed by atoms with van der Waals surface area (Å²) in [4.78, 5) is 1.52. The fourth-order valence-electron chi connectivity index (χ4n) is 1.03. The fraction of sp³-hybridized carbons (Fsp3) is 0.500. The van der Waals surface area contributed by atoms with Gasteiger partial charge >= 0.3 is 0 Å². The molecule has 0 aliphatic carbocycles. The van der Waals surface area contributed by atoms with Gasteiger partial charge in [0.15, 0.2) is 0 Å². The highest BCUT2D eigenvalue weighted by Gasteiger charge is 2.01. The van der Waals surface area contributed by atoms with Gasteiger partial charge in [0.25, 0.3) is 0 Å². The average Bonchev–Trinajstić information content (AvgIpc) is 2.03. The third-order valence-electron chi connectivity index (χ3n) is 1.77. The summed E-state index contributed by atoms with van der Waals surface area (Å²) in [5, 5.41) is 2.04. The molecule has 0 saturated heterocycles. The van der Waals surface area contributed by atoms with Crippen molar-refractivity contribution in [3.05, 3.63) is 27.7 Å². The van der Waals surface area contributed by atoms with Crippen LogP contribution in [0.4, 0.5) is 0 Å². The summed E-state index contributed by atoms with van der Waals surface area (Å²) in [6.45, 7) is 4.40. The van der Waals surface area contributed by atoms with Crippen LogP contribution in [-0.4, -0.2) is 0 Å². The molecule has 0 unspecified atom stereocenters. The molecule has 60 valence electrons. The van der Waals surface area contributed by atoms with Crippen LogP contribution in [0.2, 0.25) is 0 Å². The summed E-state index contributed by atoms with van der Waals surface area (Å²) < 4.78 is 0. The Balaban J connectivity index is 2.52. The van der Waals surface area contributed by atoms with Crippen LogP contribution >= 0.6 is 11.8 Å². The normalized spacial score (nSPS) is 16.2. The maximum Gasteiger partial charge on any atom is 0.0175 e. The van der Waals surface area contributed by atoms with Gasteiger partial charge in [0.2, 0.25) is 0 Å². The highest BCUT2D eigenvalue weighted by atomic mass is 32.2. The molecule has 0 amide bonds. The maximum absolute atomic E-state index is 3.10. The average molecular weight is 166 g/mol. The molecule has 0 spiro atoms. The molecular weight excluding hydrogens is 152 g/mol. The minimum Gasteiger partial charge on any atom is -0.113 e. The summed E-state index contributed by atoms with van der Waals surface area (Å²) in [6, 6.07) is 0. The van der Waals surface area contributed by atoms with Gasteiger partial charge < -0.3 is 0 Å². The molecule has 11 heavy (non-hydrogen) atoms. The molecule has 1 aliphatic heterocycles. The summed E-state index contributed by atoms with van der Waals surface area (Å²) in [6.07, 6.45) is 5.90. The largest absolute Gasteiger partial charge is 0.113 e. The highest BCUT2D eigenvalue weighted by Crippen LogP contribution is 2.28. The van der Waals surface area contributed by atoms with Crippen molar-refractivity contribution in [3.8, 4) is 0 Å².